The Morgan fingerprint density at radius 2 is 1.96 bits per heavy atom. The van der Waals surface area contributed by atoms with Crippen LogP contribution in [0.5, 0.6) is 0 Å². The summed E-state index contributed by atoms with van der Waals surface area (Å²) in [5.41, 5.74) is 12.3. The van der Waals surface area contributed by atoms with Crippen molar-refractivity contribution in [2.24, 2.45) is 4.99 Å². The summed E-state index contributed by atoms with van der Waals surface area (Å²) in [6.45, 7) is 6.01. The lowest BCUT2D eigenvalue weighted by Crippen LogP contribution is -1.95. The van der Waals surface area contributed by atoms with Gasteiger partial charge in [-0.3, -0.25) is 4.99 Å². The van der Waals surface area contributed by atoms with E-state index >= 15 is 0 Å². The average molecular weight is 321 g/mol. The first-order chi connectivity index (χ1) is 11.7. The van der Waals surface area contributed by atoms with Crippen molar-refractivity contribution >= 4 is 22.8 Å². The van der Waals surface area contributed by atoms with Crippen LogP contribution in [0.3, 0.4) is 0 Å². The summed E-state index contributed by atoms with van der Waals surface area (Å²) in [6, 6.07) is 14.4. The molecule has 0 radical (unpaired) electrons. The molecule has 0 aliphatic rings. The van der Waals surface area contributed by atoms with Crippen LogP contribution >= 0.6 is 0 Å². The maximum atomic E-state index is 6.29. The minimum absolute atomic E-state index is 0.562. The van der Waals surface area contributed by atoms with Crippen LogP contribution in [-0.4, -0.2) is 24.4 Å². The van der Waals surface area contributed by atoms with E-state index in [0.29, 0.717) is 13.2 Å². The Morgan fingerprint density at radius 1 is 1.17 bits per heavy atom. The second kappa shape index (κ2) is 7.32. The number of rotatable bonds is 6. The summed E-state index contributed by atoms with van der Waals surface area (Å²) >= 11 is 0. The molecular formula is C20H23N3O. The van der Waals surface area contributed by atoms with Gasteiger partial charge < -0.3 is 15.5 Å². The third kappa shape index (κ3) is 3.19. The molecule has 0 spiro atoms. The van der Waals surface area contributed by atoms with Gasteiger partial charge in [0, 0.05) is 30.3 Å². The molecule has 2 aromatic carbocycles. The van der Waals surface area contributed by atoms with Crippen LogP contribution in [0, 0.1) is 0 Å². The van der Waals surface area contributed by atoms with Gasteiger partial charge in [-0.25, -0.2) is 0 Å². The molecule has 1 heterocycles. The van der Waals surface area contributed by atoms with E-state index in [2.05, 4.69) is 28.2 Å². The van der Waals surface area contributed by atoms with Crippen molar-refractivity contribution in [1.29, 1.82) is 0 Å². The molecule has 0 atom stereocenters. The largest absolute Gasteiger partial charge is 0.397 e. The molecule has 1 aromatic heterocycles. The van der Waals surface area contributed by atoms with Gasteiger partial charge in [-0.2, -0.15) is 0 Å². The van der Waals surface area contributed by atoms with E-state index in [-0.39, 0.29) is 0 Å². The maximum absolute atomic E-state index is 6.29. The molecule has 0 amide bonds. The smallest absolute Gasteiger partial charge is 0.0717 e. The molecule has 24 heavy (non-hydrogen) atoms. The summed E-state index contributed by atoms with van der Waals surface area (Å²) in [5.74, 6) is 0. The van der Waals surface area contributed by atoms with E-state index in [9.17, 15) is 0 Å². The van der Waals surface area contributed by atoms with E-state index in [0.717, 1.165) is 45.5 Å². The quantitative estimate of drug-likeness (QED) is 0.522. The first kappa shape index (κ1) is 16.3. The van der Waals surface area contributed by atoms with Crippen molar-refractivity contribution in [3.05, 3.63) is 53.6 Å². The molecule has 0 saturated carbocycles. The van der Waals surface area contributed by atoms with Crippen LogP contribution in [-0.2, 0) is 11.3 Å². The number of hydrogen-bond acceptors (Lipinski definition) is 3. The number of hydrogen-bond donors (Lipinski definition) is 2. The standard InChI is InChI=1S/C20H23N3O/c1-3-22-12-17-16-10-14(13-24-4-2)11-18(21)20(16)23-19(17)15-8-6-5-7-9-15/h5-12,23H,3-4,13,21H2,1-2H3. The Balaban J connectivity index is 2.21. The predicted molar refractivity (Wildman–Crippen MR) is 102 cm³/mol. The number of aromatic nitrogens is 1. The van der Waals surface area contributed by atoms with E-state index in [4.69, 9.17) is 10.5 Å². The van der Waals surface area contributed by atoms with Gasteiger partial charge >= 0.3 is 0 Å². The summed E-state index contributed by atoms with van der Waals surface area (Å²) in [6.07, 6.45) is 1.94. The topological polar surface area (TPSA) is 63.4 Å². The number of aromatic amines is 1. The number of nitrogens with two attached hydrogens (primary N) is 1. The molecule has 0 saturated heterocycles. The second-order valence-electron chi connectivity index (χ2n) is 5.65. The number of H-pyrrole nitrogens is 1. The van der Waals surface area contributed by atoms with Crippen molar-refractivity contribution in [3.8, 4) is 11.3 Å². The zero-order valence-corrected chi connectivity index (χ0v) is 14.2. The third-order valence-corrected chi connectivity index (χ3v) is 3.98. The van der Waals surface area contributed by atoms with Gasteiger partial charge in [-0.05, 0) is 37.1 Å². The summed E-state index contributed by atoms with van der Waals surface area (Å²) in [5, 5.41) is 1.08. The van der Waals surface area contributed by atoms with Crippen molar-refractivity contribution in [1.82, 2.24) is 4.98 Å². The zero-order valence-electron chi connectivity index (χ0n) is 14.2. The number of ether oxygens (including phenoxy) is 1. The number of nitrogen functional groups attached to an aromatic ring is 1. The number of benzene rings is 2. The molecule has 0 bridgehead atoms. The SMILES string of the molecule is CCN=Cc1c(-c2ccccc2)[nH]c2c(N)cc(COCC)cc12. The molecule has 4 heteroatoms. The van der Waals surface area contributed by atoms with Crippen LogP contribution in [0.15, 0.2) is 47.5 Å². The zero-order chi connectivity index (χ0) is 16.9. The highest BCUT2D eigenvalue weighted by molar-refractivity contribution is 6.09. The highest BCUT2D eigenvalue weighted by Gasteiger charge is 2.14. The van der Waals surface area contributed by atoms with Crippen molar-refractivity contribution < 1.29 is 4.74 Å². The molecule has 3 aromatic rings. The highest BCUT2D eigenvalue weighted by Crippen LogP contribution is 2.33. The monoisotopic (exact) mass is 321 g/mol. The molecule has 3 rings (SSSR count). The van der Waals surface area contributed by atoms with Gasteiger partial charge in [-0.15, -0.1) is 0 Å². The lowest BCUT2D eigenvalue weighted by molar-refractivity contribution is 0.134. The van der Waals surface area contributed by atoms with Crippen LogP contribution < -0.4 is 5.73 Å². The number of aliphatic imine (C=N–C) groups is 1. The van der Waals surface area contributed by atoms with Crippen LogP contribution in [0.25, 0.3) is 22.2 Å². The van der Waals surface area contributed by atoms with Crippen LogP contribution in [0.1, 0.15) is 25.0 Å². The Kier molecular flexibility index (Phi) is 4.96. The Hall–Kier alpha value is -2.59. The van der Waals surface area contributed by atoms with Crippen molar-refractivity contribution in [2.75, 3.05) is 18.9 Å². The molecule has 4 nitrogen and oxygen atoms in total. The van der Waals surface area contributed by atoms with E-state index in [1.807, 2.05) is 44.3 Å². The number of nitrogens with one attached hydrogen (secondary N) is 1. The maximum Gasteiger partial charge on any atom is 0.0717 e. The van der Waals surface area contributed by atoms with Crippen molar-refractivity contribution in [3.63, 3.8) is 0 Å². The van der Waals surface area contributed by atoms with Crippen LogP contribution in [0.2, 0.25) is 0 Å². The third-order valence-electron chi connectivity index (χ3n) is 3.98. The molecule has 0 fully saturated rings. The number of anilines is 1. The number of nitrogens with zero attached hydrogens (tertiary/aromatic N) is 1. The Bertz CT molecular complexity index is 850. The minimum Gasteiger partial charge on any atom is -0.397 e. The lowest BCUT2D eigenvalue weighted by atomic mass is 10.0. The average Bonchev–Trinajstić information content (AvgIpc) is 2.98. The molecule has 0 aliphatic heterocycles. The Labute approximate surface area is 142 Å². The molecule has 3 N–H and O–H groups in total. The van der Waals surface area contributed by atoms with E-state index in [1.165, 1.54) is 0 Å². The van der Waals surface area contributed by atoms with Gasteiger partial charge in [0.2, 0.25) is 0 Å². The summed E-state index contributed by atoms with van der Waals surface area (Å²) in [4.78, 5) is 7.94. The second-order valence-corrected chi connectivity index (χ2v) is 5.65. The minimum atomic E-state index is 0.562. The van der Waals surface area contributed by atoms with Gasteiger partial charge in [-0.1, -0.05) is 30.3 Å². The highest BCUT2D eigenvalue weighted by atomic mass is 16.5. The fourth-order valence-electron chi connectivity index (χ4n) is 2.86. The molecule has 0 unspecified atom stereocenters. The van der Waals surface area contributed by atoms with E-state index < -0.39 is 0 Å². The number of fused-ring (bicyclic) bond motifs is 1. The van der Waals surface area contributed by atoms with Crippen LogP contribution in [0.4, 0.5) is 5.69 Å². The summed E-state index contributed by atoms with van der Waals surface area (Å²) in [7, 11) is 0. The lowest BCUT2D eigenvalue weighted by Gasteiger charge is -2.05. The predicted octanol–water partition coefficient (Wildman–Crippen LogP) is 4.39. The van der Waals surface area contributed by atoms with Crippen molar-refractivity contribution in [2.45, 2.75) is 20.5 Å². The molecular weight excluding hydrogens is 298 g/mol. The first-order valence-corrected chi connectivity index (χ1v) is 8.31. The van der Waals surface area contributed by atoms with Gasteiger partial charge in [0.15, 0.2) is 0 Å². The molecule has 124 valence electrons. The normalized spacial score (nSPS) is 11.6. The first-order valence-electron chi connectivity index (χ1n) is 8.31. The van der Waals surface area contributed by atoms with Gasteiger partial charge in [0.1, 0.15) is 0 Å². The fourth-order valence-corrected chi connectivity index (χ4v) is 2.86. The fraction of sp³-hybridized carbons (Fsp3) is 0.250. The summed E-state index contributed by atoms with van der Waals surface area (Å²) < 4.78 is 5.54. The van der Waals surface area contributed by atoms with Gasteiger partial charge in [0.25, 0.3) is 0 Å². The Morgan fingerprint density at radius 3 is 2.67 bits per heavy atom. The molecule has 0 aliphatic carbocycles. The van der Waals surface area contributed by atoms with E-state index in [1.54, 1.807) is 0 Å². The van der Waals surface area contributed by atoms with Gasteiger partial charge in [0.05, 0.1) is 23.5 Å².